The van der Waals surface area contributed by atoms with Gasteiger partial charge in [0.1, 0.15) is 0 Å². The smallest absolute Gasteiger partial charge is 0.276 e. The van der Waals surface area contributed by atoms with E-state index in [1.165, 1.54) is 16.9 Å². The van der Waals surface area contributed by atoms with Crippen LogP contribution in [0.2, 0.25) is 10.0 Å². The Bertz CT molecular complexity index is 944. The second-order valence-electron chi connectivity index (χ2n) is 4.72. The van der Waals surface area contributed by atoms with Crippen molar-refractivity contribution in [3.63, 3.8) is 0 Å². The van der Waals surface area contributed by atoms with Gasteiger partial charge in [-0.15, -0.1) is 0 Å². The van der Waals surface area contributed by atoms with Crippen molar-refractivity contribution in [2.75, 3.05) is 4.72 Å². The summed E-state index contributed by atoms with van der Waals surface area (Å²) in [7, 11) is -2.23. The number of anilines is 1. The molecule has 0 saturated heterocycles. The van der Waals surface area contributed by atoms with E-state index in [0.29, 0.717) is 21.3 Å². The number of aromatic amines is 1. The molecule has 1 aromatic carbocycles. The number of sulfonamides is 1. The highest BCUT2D eigenvalue weighted by Crippen LogP contribution is 2.27. The van der Waals surface area contributed by atoms with Crippen LogP contribution in [0.3, 0.4) is 0 Å². The first kappa shape index (κ1) is 15.9. The summed E-state index contributed by atoms with van der Waals surface area (Å²) in [6, 6.07) is 7.94. The van der Waals surface area contributed by atoms with Crippen LogP contribution in [0.15, 0.2) is 41.6 Å². The number of hydrogen-bond acceptors (Lipinski definition) is 4. The molecular weight excluding hydrogens is 361 g/mol. The second kappa shape index (κ2) is 5.88. The van der Waals surface area contributed by atoms with Crippen LogP contribution in [0.25, 0.3) is 11.3 Å². The Kier molecular flexibility index (Phi) is 4.05. The van der Waals surface area contributed by atoms with Crippen LogP contribution in [-0.4, -0.2) is 28.4 Å². The van der Waals surface area contributed by atoms with Gasteiger partial charge in [-0.3, -0.25) is 14.5 Å². The zero-order chi connectivity index (χ0) is 16.6. The summed E-state index contributed by atoms with van der Waals surface area (Å²) < 4.78 is 28.2. The van der Waals surface area contributed by atoms with E-state index in [2.05, 4.69) is 20.0 Å². The highest BCUT2D eigenvalue weighted by Gasteiger charge is 2.19. The monoisotopic (exact) mass is 371 g/mol. The summed E-state index contributed by atoms with van der Waals surface area (Å²) in [4.78, 5) is 0. The number of aromatic nitrogens is 4. The fourth-order valence-corrected chi connectivity index (χ4v) is 3.69. The van der Waals surface area contributed by atoms with Crippen molar-refractivity contribution in [2.24, 2.45) is 7.05 Å². The van der Waals surface area contributed by atoms with Gasteiger partial charge < -0.3 is 0 Å². The number of rotatable bonds is 4. The Morgan fingerprint density at radius 2 is 1.87 bits per heavy atom. The lowest BCUT2D eigenvalue weighted by Gasteiger charge is -2.04. The van der Waals surface area contributed by atoms with Crippen LogP contribution in [-0.2, 0) is 17.1 Å². The number of benzene rings is 1. The molecular formula is C13H11Cl2N5O2S. The van der Waals surface area contributed by atoms with E-state index in [1.807, 2.05) is 0 Å². The summed E-state index contributed by atoms with van der Waals surface area (Å²) >= 11 is 11.9. The summed E-state index contributed by atoms with van der Waals surface area (Å²) in [5.74, 6) is 0.150. The van der Waals surface area contributed by atoms with Gasteiger partial charge in [0.15, 0.2) is 10.8 Å². The molecule has 0 atom stereocenters. The summed E-state index contributed by atoms with van der Waals surface area (Å²) in [5.41, 5.74) is 1.28. The minimum Gasteiger partial charge on any atom is -0.276 e. The predicted octanol–water partition coefficient (Wildman–Crippen LogP) is 2.92. The first-order valence-electron chi connectivity index (χ1n) is 6.38. The summed E-state index contributed by atoms with van der Waals surface area (Å²) in [6.07, 6.45) is 1.40. The fraction of sp³-hybridized carbons (Fsp3) is 0.0769. The maximum Gasteiger partial charge on any atom is 0.280 e. The molecule has 120 valence electrons. The third-order valence-electron chi connectivity index (χ3n) is 3.04. The van der Waals surface area contributed by atoms with Gasteiger partial charge in [-0.05, 0) is 24.3 Å². The number of H-pyrrole nitrogens is 1. The maximum atomic E-state index is 12.3. The number of nitrogens with zero attached hydrogens (tertiary/aromatic N) is 3. The van der Waals surface area contributed by atoms with Gasteiger partial charge >= 0.3 is 0 Å². The van der Waals surface area contributed by atoms with Crippen LogP contribution in [0.4, 0.5) is 5.82 Å². The molecule has 7 nitrogen and oxygen atoms in total. The predicted molar refractivity (Wildman–Crippen MR) is 88.1 cm³/mol. The van der Waals surface area contributed by atoms with Crippen molar-refractivity contribution in [1.82, 2.24) is 20.0 Å². The Balaban J connectivity index is 1.89. The largest absolute Gasteiger partial charge is 0.280 e. The Morgan fingerprint density at radius 3 is 2.48 bits per heavy atom. The molecule has 2 aromatic heterocycles. The van der Waals surface area contributed by atoms with Crippen molar-refractivity contribution in [1.29, 1.82) is 0 Å². The molecule has 2 N–H and O–H groups in total. The zero-order valence-electron chi connectivity index (χ0n) is 11.8. The molecule has 0 radical (unpaired) electrons. The van der Waals surface area contributed by atoms with Crippen LogP contribution in [0.5, 0.6) is 0 Å². The third kappa shape index (κ3) is 3.34. The van der Waals surface area contributed by atoms with Crippen molar-refractivity contribution < 1.29 is 8.42 Å². The molecule has 2 heterocycles. The molecule has 0 saturated carbocycles. The molecule has 0 unspecified atom stereocenters. The summed E-state index contributed by atoms with van der Waals surface area (Å²) in [5, 5.41) is 11.5. The highest BCUT2D eigenvalue weighted by atomic mass is 35.5. The van der Waals surface area contributed by atoms with Gasteiger partial charge in [0.05, 0.1) is 11.9 Å². The minimum absolute atomic E-state index is 0.0350. The second-order valence-corrected chi connectivity index (χ2v) is 7.23. The van der Waals surface area contributed by atoms with E-state index in [4.69, 9.17) is 23.2 Å². The maximum absolute atomic E-state index is 12.3. The first-order valence-corrected chi connectivity index (χ1v) is 8.62. The van der Waals surface area contributed by atoms with Crippen molar-refractivity contribution >= 4 is 39.0 Å². The van der Waals surface area contributed by atoms with E-state index in [9.17, 15) is 8.42 Å². The third-order valence-corrected chi connectivity index (χ3v) is 4.91. The molecule has 0 aliphatic carbocycles. The highest BCUT2D eigenvalue weighted by molar-refractivity contribution is 7.92. The topological polar surface area (TPSA) is 92.7 Å². The Morgan fingerprint density at radius 1 is 1.17 bits per heavy atom. The van der Waals surface area contributed by atoms with Gasteiger partial charge in [0.25, 0.3) is 10.0 Å². The van der Waals surface area contributed by atoms with Gasteiger partial charge in [-0.1, -0.05) is 23.2 Å². The standard InChI is InChI=1S/C13H11Cl2N5O2S/c1-20-13(2-3-16-20)23(21,22)19-12-7-11(17-18-12)8-4-9(14)6-10(15)5-8/h2-7H,1H3,(H2,17,18,19). The van der Waals surface area contributed by atoms with Gasteiger partial charge in [0.2, 0.25) is 0 Å². The molecule has 10 heteroatoms. The average molecular weight is 372 g/mol. The lowest BCUT2D eigenvalue weighted by molar-refractivity contribution is 0.582. The molecule has 0 bridgehead atoms. The molecule has 0 fully saturated rings. The van der Waals surface area contributed by atoms with E-state index >= 15 is 0 Å². The Labute approximate surface area is 142 Å². The minimum atomic E-state index is -3.77. The zero-order valence-corrected chi connectivity index (χ0v) is 14.1. The molecule has 0 spiro atoms. The van der Waals surface area contributed by atoms with E-state index in [1.54, 1.807) is 31.3 Å². The molecule has 3 aromatic rings. The Hall–Kier alpha value is -2.03. The number of hydrogen-bond donors (Lipinski definition) is 2. The van der Waals surface area contributed by atoms with Gasteiger partial charge in [-0.2, -0.15) is 18.6 Å². The number of nitrogens with one attached hydrogen (secondary N) is 2. The average Bonchev–Trinajstić information content (AvgIpc) is 3.06. The van der Waals surface area contributed by atoms with Crippen molar-refractivity contribution in [3.05, 3.63) is 46.6 Å². The van der Waals surface area contributed by atoms with Gasteiger partial charge in [0, 0.05) is 28.7 Å². The molecule has 0 aliphatic heterocycles. The quantitative estimate of drug-likeness (QED) is 0.737. The molecule has 0 amide bonds. The summed E-state index contributed by atoms with van der Waals surface area (Å²) in [6.45, 7) is 0. The lowest BCUT2D eigenvalue weighted by atomic mass is 10.1. The normalized spacial score (nSPS) is 11.6. The van der Waals surface area contributed by atoms with Crippen LogP contribution in [0, 0.1) is 0 Å². The molecule has 3 rings (SSSR count). The SMILES string of the molecule is Cn1nccc1S(=O)(=O)Nc1cc(-c2cc(Cl)cc(Cl)c2)[nH]n1. The van der Waals surface area contributed by atoms with E-state index in [-0.39, 0.29) is 10.8 Å². The van der Waals surface area contributed by atoms with Crippen LogP contribution in [0.1, 0.15) is 0 Å². The van der Waals surface area contributed by atoms with Crippen LogP contribution < -0.4 is 4.72 Å². The molecule has 23 heavy (non-hydrogen) atoms. The molecule has 0 aliphatic rings. The van der Waals surface area contributed by atoms with E-state index < -0.39 is 10.0 Å². The first-order chi connectivity index (χ1) is 10.8. The van der Waals surface area contributed by atoms with Crippen LogP contribution >= 0.6 is 23.2 Å². The van der Waals surface area contributed by atoms with Crippen molar-refractivity contribution in [3.8, 4) is 11.3 Å². The number of halogens is 2. The fourth-order valence-electron chi connectivity index (χ4n) is 2.05. The number of aryl methyl sites for hydroxylation is 1. The van der Waals surface area contributed by atoms with E-state index in [0.717, 1.165) is 0 Å². The lowest BCUT2D eigenvalue weighted by Crippen LogP contribution is -2.16. The van der Waals surface area contributed by atoms with Gasteiger partial charge in [-0.25, -0.2) is 0 Å². The van der Waals surface area contributed by atoms with Crippen molar-refractivity contribution in [2.45, 2.75) is 5.03 Å².